The smallest absolute Gasteiger partial charge is 0.228 e. The highest BCUT2D eigenvalue weighted by atomic mass is 79.9. The molecule has 1 aromatic heterocycles. The van der Waals surface area contributed by atoms with E-state index in [1.165, 1.54) is 6.07 Å². The molecule has 18 heavy (non-hydrogen) atoms. The summed E-state index contributed by atoms with van der Waals surface area (Å²) in [5, 5.41) is 2.69. The number of pyridine rings is 1. The summed E-state index contributed by atoms with van der Waals surface area (Å²) in [7, 11) is 0. The van der Waals surface area contributed by atoms with Crippen molar-refractivity contribution in [2.45, 2.75) is 6.42 Å². The first-order chi connectivity index (χ1) is 8.66. The minimum absolute atomic E-state index is 0.00142. The predicted molar refractivity (Wildman–Crippen MR) is 70.7 cm³/mol. The van der Waals surface area contributed by atoms with Crippen LogP contribution in [0.2, 0.25) is 0 Å². The summed E-state index contributed by atoms with van der Waals surface area (Å²) in [5.74, 6) is -0.645. The lowest BCUT2D eigenvalue weighted by atomic mass is 10.1. The van der Waals surface area contributed by atoms with Crippen LogP contribution in [0.1, 0.15) is 5.56 Å². The Morgan fingerprint density at radius 3 is 2.83 bits per heavy atom. The van der Waals surface area contributed by atoms with Crippen molar-refractivity contribution >= 4 is 27.5 Å². The minimum Gasteiger partial charge on any atom is -0.325 e. The quantitative estimate of drug-likeness (QED) is 0.946. The van der Waals surface area contributed by atoms with E-state index in [0.29, 0.717) is 15.7 Å². The second kappa shape index (κ2) is 5.73. The third kappa shape index (κ3) is 3.13. The number of carbonyl (C=O) groups is 1. The van der Waals surface area contributed by atoms with Crippen molar-refractivity contribution in [1.82, 2.24) is 4.98 Å². The van der Waals surface area contributed by atoms with Crippen LogP contribution in [0.15, 0.2) is 47.2 Å². The predicted octanol–water partition coefficient (Wildman–Crippen LogP) is 3.16. The van der Waals surface area contributed by atoms with Crippen molar-refractivity contribution < 1.29 is 9.18 Å². The molecule has 0 aliphatic rings. The summed E-state index contributed by atoms with van der Waals surface area (Å²) < 4.78 is 14.1. The van der Waals surface area contributed by atoms with Gasteiger partial charge in [0, 0.05) is 12.4 Å². The summed E-state index contributed by atoms with van der Waals surface area (Å²) in [6.07, 6.45) is 3.16. The summed E-state index contributed by atoms with van der Waals surface area (Å²) in [6.45, 7) is 0. The zero-order valence-electron chi connectivity index (χ0n) is 9.36. The lowest BCUT2D eigenvalue weighted by molar-refractivity contribution is -0.115. The van der Waals surface area contributed by atoms with Crippen LogP contribution in [0.4, 0.5) is 10.1 Å². The Kier molecular flexibility index (Phi) is 4.04. The van der Waals surface area contributed by atoms with Crippen LogP contribution in [0.5, 0.6) is 0 Å². The molecular weight excluding hydrogens is 299 g/mol. The van der Waals surface area contributed by atoms with E-state index in [0.717, 1.165) is 0 Å². The van der Waals surface area contributed by atoms with Gasteiger partial charge in [-0.2, -0.15) is 0 Å². The molecule has 0 atom stereocenters. The van der Waals surface area contributed by atoms with Gasteiger partial charge in [-0.05, 0) is 33.6 Å². The van der Waals surface area contributed by atoms with Crippen molar-refractivity contribution in [3.8, 4) is 0 Å². The molecule has 2 aromatic rings. The van der Waals surface area contributed by atoms with Gasteiger partial charge in [0.05, 0.1) is 16.6 Å². The molecule has 1 N–H and O–H groups in total. The van der Waals surface area contributed by atoms with Gasteiger partial charge in [0.2, 0.25) is 5.91 Å². The maximum Gasteiger partial charge on any atom is 0.228 e. The maximum absolute atomic E-state index is 13.4. The monoisotopic (exact) mass is 308 g/mol. The molecule has 0 aliphatic carbocycles. The second-order valence-corrected chi connectivity index (χ2v) is 4.53. The third-order valence-corrected chi connectivity index (χ3v) is 2.99. The number of rotatable bonds is 3. The van der Waals surface area contributed by atoms with E-state index in [9.17, 15) is 9.18 Å². The zero-order valence-corrected chi connectivity index (χ0v) is 10.9. The average molecular weight is 309 g/mol. The van der Waals surface area contributed by atoms with E-state index in [2.05, 4.69) is 26.2 Å². The summed E-state index contributed by atoms with van der Waals surface area (Å²) in [6, 6.07) is 7.90. The molecule has 0 radical (unpaired) electrons. The van der Waals surface area contributed by atoms with Gasteiger partial charge < -0.3 is 5.32 Å². The van der Waals surface area contributed by atoms with Crippen molar-refractivity contribution in [1.29, 1.82) is 0 Å². The second-order valence-electron chi connectivity index (χ2n) is 3.67. The first-order valence-corrected chi connectivity index (χ1v) is 6.09. The van der Waals surface area contributed by atoms with Crippen molar-refractivity contribution in [2.75, 3.05) is 5.32 Å². The maximum atomic E-state index is 13.4. The number of carbonyl (C=O) groups excluding carboxylic acids is 1. The van der Waals surface area contributed by atoms with E-state index in [-0.39, 0.29) is 18.1 Å². The number of aromatic nitrogens is 1. The van der Waals surface area contributed by atoms with Crippen LogP contribution in [0, 0.1) is 5.82 Å². The summed E-state index contributed by atoms with van der Waals surface area (Å²) >= 11 is 3.27. The standard InChI is InChI=1S/C13H10BrFN2O/c14-10-8-16-6-5-12(10)17-13(18)7-9-3-1-2-4-11(9)15/h1-6,8H,7H2,(H,16,17,18). The molecule has 2 rings (SSSR count). The molecule has 1 heterocycles. The van der Waals surface area contributed by atoms with Crippen molar-refractivity contribution in [3.63, 3.8) is 0 Å². The molecule has 0 unspecified atom stereocenters. The van der Waals surface area contributed by atoms with Crippen molar-refractivity contribution in [3.05, 3.63) is 58.6 Å². The molecule has 0 fully saturated rings. The molecule has 1 amide bonds. The van der Waals surface area contributed by atoms with Crippen LogP contribution in [-0.4, -0.2) is 10.9 Å². The molecule has 0 saturated heterocycles. The molecule has 0 saturated carbocycles. The fraction of sp³-hybridized carbons (Fsp3) is 0.0769. The van der Waals surface area contributed by atoms with E-state index < -0.39 is 0 Å². The molecule has 1 aromatic carbocycles. The third-order valence-electron chi connectivity index (χ3n) is 2.36. The normalized spacial score (nSPS) is 10.1. The van der Waals surface area contributed by atoms with E-state index in [4.69, 9.17) is 0 Å². The SMILES string of the molecule is O=C(Cc1ccccc1F)Nc1ccncc1Br. The number of benzene rings is 1. The number of anilines is 1. The van der Waals surface area contributed by atoms with Crippen LogP contribution < -0.4 is 5.32 Å². The number of hydrogen-bond acceptors (Lipinski definition) is 2. The minimum atomic E-state index is -0.374. The molecule has 0 bridgehead atoms. The Morgan fingerprint density at radius 2 is 2.11 bits per heavy atom. The van der Waals surface area contributed by atoms with Gasteiger partial charge in [-0.1, -0.05) is 18.2 Å². The number of nitrogens with one attached hydrogen (secondary N) is 1. The zero-order chi connectivity index (χ0) is 13.0. The number of amides is 1. The van der Waals surface area contributed by atoms with Gasteiger partial charge in [0.25, 0.3) is 0 Å². The highest BCUT2D eigenvalue weighted by Gasteiger charge is 2.09. The molecule has 0 aliphatic heterocycles. The Labute approximate surface area is 112 Å². The topological polar surface area (TPSA) is 42.0 Å². The van der Waals surface area contributed by atoms with Gasteiger partial charge in [-0.3, -0.25) is 9.78 Å². The highest BCUT2D eigenvalue weighted by molar-refractivity contribution is 9.10. The van der Waals surface area contributed by atoms with Gasteiger partial charge in [-0.25, -0.2) is 4.39 Å². The van der Waals surface area contributed by atoms with Crippen LogP contribution in [0.25, 0.3) is 0 Å². The fourth-order valence-corrected chi connectivity index (χ4v) is 1.84. The summed E-state index contributed by atoms with van der Waals surface area (Å²) in [4.78, 5) is 15.7. The molecule has 0 spiro atoms. The molecular formula is C13H10BrFN2O. The van der Waals surface area contributed by atoms with Gasteiger partial charge in [0.1, 0.15) is 5.82 Å². The van der Waals surface area contributed by atoms with E-state index in [1.54, 1.807) is 36.7 Å². The van der Waals surface area contributed by atoms with E-state index in [1.807, 2.05) is 0 Å². The fourth-order valence-electron chi connectivity index (χ4n) is 1.49. The van der Waals surface area contributed by atoms with Crippen molar-refractivity contribution in [2.24, 2.45) is 0 Å². The molecule has 3 nitrogen and oxygen atoms in total. The molecule has 92 valence electrons. The number of nitrogens with zero attached hydrogens (tertiary/aromatic N) is 1. The van der Waals surface area contributed by atoms with Gasteiger partial charge in [-0.15, -0.1) is 0 Å². The Balaban J connectivity index is 2.06. The number of hydrogen-bond donors (Lipinski definition) is 1. The van der Waals surface area contributed by atoms with E-state index >= 15 is 0 Å². The average Bonchev–Trinajstić information content (AvgIpc) is 2.35. The van der Waals surface area contributed by atoms with Gasteiger partial charge >= 0.3 is 0 Å². The Morgan fingerprint density at radius 1 is 1.33 bits per heavy atom. The highest BCUT2D eigenvalue weighted by Crippen LogP contribution is 2.20. The van der Waals surface area contributed by atoms with Gasteiger partial charge in [0.15, 0.2) is 0 Å². The van der Waals surface area contributed by atoms with Crippen LogP contribution in [-0.2, 0) is 11.2 Å². The lowest BCUT2D eigenvalue weighted by Gasteiger charge is -2.07. The lowest BCUT2D eigenvalue weighted by Crippen LogP contribution is -2.15. The first-order valence-electron chi connectivity index (χ1n) is 5.29. The Bertz CT molecular complexity index is 525. The number of halogens is 2. The van der Waals surface area contributed by atoms with Crippen LogP contribution in [0.3, 0.4) is 0 Å². The van der Waals surface area contributed by atoms with Crippen LogP contribution >= 0.6 is 15.9 Å². The summed E-state index contributed by atoms with van der Waals surface area (Å²) in [5.41, 5.74) is 0.992. The molecule has 5 heteroatoms. The largest absolute Gasteiger partial charge is 0.325 e. The Hall–Kier alpha value is -1.75. The first kappa shape index (κ1) is 12.7.